The molecule has 10 heteroatoms. The largest absolute Gasteiger partial charge is 0.508 e. The number of rotatable bonds is 6. The molecule has 0 aliphatic heterocycles. The molecule has 0 unspecified atom stereocenters. The monoisotopic (exact) mass is 480 g/mol. The zero-order valence-corrected chi connectivity index (χ0v) is 19.2. The summed E-state index contributed by atoms with van der Waals surface area (Å²) in [4.78, 5) is 21.3. The van der Waals surface area contributed by atoms with Crippen LogP contribution in [0.25, 0.3) is 56.0 Å². The number of phenolic OH excluding ortho intramolecular Hbond substituents is 1. The summed E-state index contributed by atoms with van der Waals surface area (Å²) in [6.45, 7) is 2.97. The lowest BCUT2D eigenvalue weighted by atomic mass is 10.1. The Balaban J connectivity index is 1.44. The molecule has 0 saturated heterocycles. The van der Waals surface area contributed by atoms with E-state index in [1.54, 1.807) is 30.9 Å². The Kier molecular flexibility index (Phi) is 5.25. The van der Waals surface area contributed by atoms with Crippen molar-refractivity contribution in [1.29, 1.82) is 0 Å². The number of aromatic hydroxyl groups is 1. The first-order valence-electron chi connectivity index (χ1n) is 11.5. The van der Waals surface area contributed by atoms with Crippen LogP contribution in [0.2, 0.25) is 0 Å². The van der Waals surface area contributed by atoms with Gasteiger partial charge in [0.15, 0.2) is 11.5 Å². The fourth-order valence-corrected chi connectivity index (χ4v) is 4.19. The molecule has 9 nitrogen and oxygen atoms in total. The van der Waals surface area contributed by atoms with Crippen LogP contribution in [-0.2, 0) is 0 Å². The van der Waals surface area contributed by atoms with Crippen LogP contribution in [-0.4, -0.2) is 46.8 Å². The summed E-state index contributed by atoms with van der Waals surface area (Å²) in [7, 11) is 0. The first-order valence-corrected chi connectivity index (χ1v) is 11.5. The van der Waals surface area contributed by atoms with Crippen LogP contribution in [0.4, 0.5) is 10.1 Å². The number of H-pyrrole nitrogens is 2. The molecular formula is C26H21FN8O. The van der Waals surface area contributed by atoms with Crippen LogP contribution in [0.5, 0.6) is 5.75 Å². The second kappa shape index (κ2) is 8.73. The summed E-state index contributed by atoms with van der Waals surface area (Å²) >= 11 is 0. The molecule has 0 spiro atoms. The van der Waals surface area contributed by atoms with Gasteiger partial charge in [-0.25, -0.2) is 14.4 Å². The molecule has 0 bridgehead atoms. The lowest BCUT2D eigenvalue weighted by molar-refractivity contribution is 0.469. The number of fused-ring (bicyclic) bond motifs is 2. The van der Waals surface area contributed by atoms with E-state index in [1.807, 2.05) is 12.1 Å². The fraction of sp³-hybridized carbons (Fsp3) is 0.115. The van der Waals surface area contributed by atoms with Crippen LogP contribution in [0.3, 0.4) is 0 Å². The van der Waals surface area contributed by atoms with E-state index in [0.29, 0.717) is 33.8 Å². The molecule has 0 radical (unpaired) electrons. The topological polar surface area (TPSA) is 128 Å². The van der Waals surface area contributed by atoms with Crippen molar-refractivity contribution in [2.75, 3.05) is 11.9 Å². The predicted octanol–water partition coefficient (Wildman–Crippen LogP) is 5.29. The first-order chi connectivity index (χ1) is 17.6. The molecular weight excluding hydrogens is 459 g/mol. The number of nitrogens with one attached hydrogen (secondary N) is 3. The molecule has 5 heterocycles. The van der Waals surface area contributed by atoms with Gasteiger partial charge in [0.2, 0.25) is 0 Å². The van der Waals surface area contributed by atoms with Crippen molar-refractivity contribution >= 4 is 27.8 Å². The van der Waals surface area contributed by atoms with Crippen molar-refractivity contribution in [2.45, 2.75) is 13.3 Å². The number of hydrogen-bond donors (Lipinski definition) is 4. The number of pyridine rings is 3. The highest BCUT2D eigenvalue weighted by molar-refractivity contribution is 5.96. The van der Waals surface area contributed by atoms with Crippen LogP contribution in [0.15, 0.2) is 61.2 Å². The van der Waals surface area contributed by atoms with Gasteiger partial charge >= 0.3 is 0 Å². The molecule has 1 aromatic carbocycles. The standard InChI is InChI=1S/C26H21FN8O/c1-2-4-29-17-7-15(11-28-12-17)21-10-20-22(13-31-21)34-35-24(20)26-32-23-19(3-5-30-25(23)33-26)14-6-16(27)9-18(36)8-14/h3,5-13,29,36H,2,4H2,1H3,(H,34,35)(H,30,32,33). The van der Waals surface area contributed by atoms with Gasteiger partial charge in [-0.3, -0.25) is 15.1 Å². The van der Waals surface area contributed by atoms with Gasteiger partial charge in [0, 0.05) is 47.7 Å². The predicted molar refractivity (Wildman–Crippen MR) is 136 cm³/mol. The van der Waals surface area contributed by atoms with Gasteiger partial charge in [-0.05, 0) is 42.3 Å². The third-order valence-corrected chi connectivity index (χ3v) is 5.86. The third-order valence-electron chi connectivity index (χ3n) is 5.86. The minimum atomic E-state index is -0.535. The summed E-state index contributed by atoms with van der Waals surface area (Å²) in [5, 5.41) is 21.5. The molecule has 0 atom stereocenters. The smallest absolute Gasteiger partial charge is 0.160 e. The molecule has 0 saturated carbocycles. The number of nitrogens with zero attached hydrogens (tertiary/aromatic N) is 5. The normalized spacial score (nSPS) is 11.4. The molecule has 0 amide bonds. The van der Waals surface area contributed by atoms with Crippen LogP contribution >= 0.6 is 0 Å². The molecule has 0 aliphatic rings. The summed E-state index contributed by atoms with van der Waals surface area (Å²) in [6, 6.07) is 9.60. The zero-order chi connectivity index (χ0) is 24.6. The number of benzene rings is 1. The maximum atomic E-state index is 13.9. The second-order valence-electron chi connectivity index (χ2n) is 8.42. The molecule has 36 heavy (non-hydrogen) atoms. The van der Waals surface area contributed by atoms with E-state index in [-0.39, 0.29) is 5.75 Å². The number of hydrogen-bond acceptors (Lipinski definition) is 7. The molecule has 178 valence electrons. The van der Waals surface area contributed by atoms with E-state index in [2.05, 4.69) is 42.4 Å². The second-order valence-corrected chi connectivity index (χ2v) is 8.42. The van der Waals surface area contributed by atoms with Gasteiger partial charge in [0.05, 0.1) is 23.1 Å². The Morgan fingerprint density at radius 2 is 1.94 bits per heavy atom. The number of aromatic amines is 2. The van der Waals surface area contributed by atoms with E-state index in [4.69, 9.17) is 4.98 Å². The van der Waals surface area contributed by atoms with Crippen molar-refractivity contribution in [3.05, 3.63) is 67.0 Å². The Morgan fingerprint density at radius 3 is 2.81 bits per heavy atom. The zero-order valence-electron chi connectivity index (χ0n) is 19.2. The van der Waals surface area contributed by atoms with Crippen LogP contribution in [0.1, 0.15) is 13.3 Å². The van der Waals surface area contributed by atoms with Gasteiger partial charge in [0.1, 0.15) is 22.8 Å². The Bertz CT molecular complexity index is 1700. The van der Waals surface area contributed by atoms with Crippen molar-refractivity contribution in [1.82, 2.24) is 35.1 Å². The Labute approximate surface area is 204 Å². The summed E-state index contributed by atoms with van der Waals surface area (Å²) in [6.07, 6.45) is 7.92. The van der Waals surface area contributed by atoms with Crippen LogP contribution < -0.4 is 5.32 Å². The highest BCUT2D eigenvalue weighted by atomic mass is 19.1. The van der Waals surface area contributed by atoms with E-state index >= 15 is 0 Å². The average Bonchev–Trinajstić information content (AvgIpc) is 3.50. The van der Waals surface area contributed by atoms with Crippen molar-refractivity contribution in [3.63, 3.8) is 0 Å². The highest BCUT2D eigenvalue weighted by Crippen LogP contribution is 2.33. The maximum absolute atomic E-state index is 13.9. The minimum Gasteiger partial charge on any atom is -0.508 e. The summed E-state index contributed by atoms with van der Waals surface area (Å²) in [5.74, 6) is -0.189. The SMILES string of the molecule is CCCNc1cncc(-c2cc3c(-c4nc5c(-c6cc(O)cc(F)c6)ccnc5[nH]4)n[nH]c3cn2)c1. The van der Waals surface area contributed by atoms with E-state index in [1.165, 1.54) is 12.1 Å². The van der Waals surface area contributed by atoms with E-state index in [9.17, 15) is 9.50 Å². The number of halogens is 1. The Morgan fingerprint density at radius 1 is 1.03 bits per heavy atom. The molecule has 5 aromatic heterocycles. The van der Waals surface area contributed by atoms with Gasteiger partial charge in [-0.1, -0.05) is 6.92 Å². The number of phenols is 1. The highest BCUT2D eigenvalue weighted by Gasteiger charge is 2.17. The molecule has 4 N–H and O–H groups in total. The van der Waals surface area contributed by atoms with Gasteiger partial charge in [0.25, 0.3) is 0 Å². The fourth-order valence-electron chi connectivity index (χ4n) is 4.19. The number of anilines is 1. The molecule has 6 aromatic rings. The van der Waals surface area contributed by atoms with Gasteiger partial charge in [-0.2, -0.15) is 5.10 Å². The maximum Gasteiger partial charge on any atom is 0.160 e. The lowest BCUT2D eigenvalue weighted by Crippen LogP contribution is -2.00. The number of imidazole rings is 1. The number of aromatic nitrogens is 7. The first kappa shape index (κ1) is 21.7. The van der Waals surface area contributed by atoms with Crippen molar-refractivity contribution < 1.29 is 9.50 Å². The van der Waals surface area contributed by atoms with Crippen LogP contribution in [0, 0.1) is 5.82 Å². The van der Waals surface area contributed by atoms with Gasteiger partial charge < -0.3 is 15.4 Å². The average molecular weight is 481 g/mol. The molecule has 6 rings (SSSR count). The molecule has 0 aliphatic carbocycles. The Hall–Kier alpha value is -4.86. The third kappa shape index (κ3) is 3.88. The quantitative estimate of drug-likeness (QED) is 0.255. The van der Waals surface area contributed by atoms with E-state index < -0.39 is 5.82 Å². The van der Waals surface area contributed by atoms with Crippen molar-refractivity contribution in [2.24, 2.45) is 0 Å². The van der Waals surface area contributed by atoms with Gasteiger partial charge in [-0.15, -0.1) is 0 Å². The summed E-state index contributed by atoms with van der Waals surface area (Å²) < 4.78 is 13.9. The van der Waals surface area contributed by atoms with E-state index in [0.717, 1.165) is 46.9 Å². The minimum absolute atomic E-state index is 0.160. The lowest BCUT2D eigenvalue weighted by Gasteiger charge is -2.06. The molecule has 0 fully saturated rings. The van der Waals surface area contributed by atoms with Crippen molar-refractivity contribution in [3.8, 4) is 39.7 Å². The summed E-state index contributed by atoms with van der Waals surface area (Å²) in [5.41, 5.74) is 6.13.